The molecule has 4 aliphatic heterocycles. The molecule has 0 aromatic heterocycles. The van der Waals surface area contributed by atoms with E-state index in [-0.39, 0.29) is 40.1 Å². The molecule has 92 heavy (non-hydrogen) atoms. The first kappa shape index (κ1) is 70.2. The van der Waals surface area contributed by atoms with Crippen molar-refractivity contribution in [1.82, 2.24) is 0 Å². The molecule has 8 fully saturated rings. The number of hydrogen-bond donors (Lipinski definition) is 2. The van der Waals surface area contributed by atoms with Crippen LogP contribution in [0.4, 0.5) is 29.7 Å². The van der Waals surface area contributed by atoms with Gasteiger partial charge in [-0.3, -0.25) is 34.6 Å². The molecule has 4 heterocycles. The Morgan fingerprint density at radius 3 is 1.66 bits per heavy atom. The van der Waals surface area contributed by atoms with Crippen molar-refractivity contribution in [3.05, 3.63) is 60.2 Å². The van der Waals surface area contributed by atoms with Crippen LogP contribution in [0.3, 0.4) is 0 Å². The molecule has 4 saturated heterocycles. The highest BCUT2D eigenvalue weighted by molar-refractivity contribution is 6.27. The van der Waals surface area contributed by atoms with Gasteiger partial charge in [-0.05, 0) is 128 Å². The van der Waals surface area contributed by atoms with Gasteiger partial charge in [-0.2, -0.15) is 0 Å². The number of anilines is 2. The number of nitrogens with one attached hydrogen (secondary N) is 2. The van der Waals surface area contributed by atoms with Crippen molar-refractivity contribution < 1.29 is 104 Å². The minimum atomic E-state index is -2.19. The van der Waals surface area contributed by atoms with Gasteiger partial charge in [0.1, 0.15) is 72.6 Å². The number of halogens is 7. The van der Waals surface area contributed by atoms with E-state index in [9.17, 15) is 42.3 Å². The Labute approximate surface area is 556 Å². The summed E-state index contributed by atoms with van der Waals surface area (Å²) < 4.78 is 110. The minimum Gasteiger partial charge on any atom is -0.462 e. The summed E-state index contributed by atoms with van der Waals surface area (Å²) >= 11 is 30.1. The molecule has 22 nitrogen and oxygen atoms in total. The van der Waals surface area contributed by atoms with Crippen molar-refractivity contribution >= 4 is 111 Å². The predicted molar refractivity (Wildman–Crippen MR) is 325 cm³/mol. The highest BCUT2D eigenvalue weighted by Crippen LogP contribution is 2.71. The molecule has 10 rings (SSSR count). The van der Waals surface area contributed by atoms with Crippen LogP contribution in [0.5, 0.6) is 0 Å². The van der Waals surface area contributed by atoms with Crippen molar-refractivity contribution in [3.63, 3.8) is 0 Å². The van der Waals surface area contributed by atoms with Crippen molar-refractivity contribution in [2.24, 2.45) is 52.3 Å². The maximum absolute atomic E-state index is 14.9. The monoisotopic (exact) mass is 1390 g/mol. The van der Waals surface area contributed by atoms with E-state index in [1.165, 1.54) is 36.4 Å². The van der Waals surface area contributed by atoms with E-state index in [4.69, 9.17) is 120 Å². The van der Waals surface area contributed by atoms with E-state index >= 15 is 0 Å². The number of rotatable bonds is 20. The Hall–Kier alpha value is -4.60. The van der Waals surface area contributed by atoms with E-state index in [2.05, 4.69) is 38.3 Å². The van der Waals surface area contributed by atoms with Gasteiger partial charge >= 0.3 is 42.0 Å². The maximum Gasteiger partial charge on any atom is 0.412 e. The number of alkyl halides is 5. The minimum absolute atomic E-state index is 0.0642. The van der Waals surface area contributed by atoms with Gasteiger partial charge < -0.3 is 61.6 Å². The van der Waals surface area contributed by atoms with E-state index in [1.807, 2.05) is 0 Å². The summed E-state index contributed by atoms with van der Waals surface area (Å²) in [6, 6.07) is 10.0. The Morgan fingerprint density at radius 2 is 1.09 bits per heavy atom. The van der Waals surface area contributed by atoms with Crippen LogP contribution >= 0.6 is 58.0 Å². The predicted octanol–water partition coefficient (Wildman–Crippen LogP) is 10.2. The summed E-state index contributed by atoms with van der Waals surface area (Å²) in [4.78, 5) is 94.3. The average molecular weight is 1400 g/mol. The standard InChI is InChI=1S/C63H77Cl5F2N2O20/c1-31-15-20-63(82-28-31)32(2)50-42(92-63)22-37-35-14-13-33-21-34(16-18-61(33,3)36(35)17-19-62(37,50)4)83-57-55(88-48(76)26-67)53(86-46(74)24-65)51(43(84-57)29-80-45(73)23-64)90-58-56(89-49(77)27-68)54(87-47(75)25-66)52(91-60(79)72-41-12-8-6-10-39(41)70)44(85-58)30-81-59(78)71-40-11-7-5-9-38(40)69/h5-12,31-37,42-44,50-58H,13-30H2,1-4H3,(H,71,78)(H,72,79)/t31-,32?,33+,34+,35-,36+,37+,42?,43-,44-,50?,51-,52-,53+,54+,55-,56-,57-,58+,61+,62+,63-/m1/s1. The topological polar surface area (TPSA) is 264 Å². The van der Waals surface area contributed by atoms with E-state index < -0.39 is 170 Å². The van der Waals surface area contributed by atoms with Crippen molar-refractivity contribution in [1.29, 1.82) is 0 Å². The SMILES string of the molecule is CC1C2C(C[C@H]3[C@@H]4CC[C@H]5C[C@@H](O[C@@H]6O[C@H](COC(=O)CCl)[C@@H](O[C@@H]7O[C@H](COC(=O)Nc8ccccc8F)[C@@H](OC(=O)Nc8ccccc8F)[C@H](OC(=O)CCl)[C@H]7OC(=O)CCl)[C@H](OC(=O)CCl)[C@H]6OC(=O)CCl)CC[C@]5(C)[C@H]4CC[C@]23C)O[C@]12CC[C@@H](C)CO2. The first-order valence-corrected chi connectivity index (χ1v) is 33.8. The summed E-state index contributed by atoms with van der Waals surface area (Å²) in [5, 5.41) is 4.43. The average Bonchev–Trinajstić information content (AvgIpc) is 1.50. The Balaban J connectivity index is 0.944. The fraction of sp³-hybridized carbons (Fsp3) is 0.698. The van der Waals surface area contributed by atoms with Crippen LogP contribution in [0.25, 0.3) is 0 Å². The molecule has 3 unspecified atom stereocenters. The molecule has 4 saturated carbocycles. The number of ether oxygens (including phenoxy) is 13. The fourth-order valence-electron chi connectivity index (χ4n) is 16.4. The normalized spacial score (nSPS) is 37.8. The maximum atomic E-state index is 14.9. The van der Waals surface area contributed by atoms with Gasteiger partial charge in [0.2, 0.25) is 0 Å². The molecule has 2 N–H and O–H groups in total. The zero-order valence-corrected chi connectivity index (χ0v) is 54.9. The summed E-state index contributed by atoms with van der Waals surface area (Å²) in [6.45, 7) is 8.44. The third-order valence-electron chi connectivity index (χ3n) is 20.6. The lowest BCUT2D eigenvalue weighted by Crippen LogP contribution is -2.68. The summed E-state index contributed by atoms with van der Waals surface area (Å²) in [7, 11) is 0. The molecule has 2 aromatic carbocycles. The molecule has 22 atom stereocenters. The van der Waals surface area contributed by atoms with Crippen LogP contribution in [-0.2, 0) is 85.6 Å². The number of esters is 5. The molecule has 8 aliphatic rings. The Bertz CT molecular complexity index is 2990. The first-order valence-electron chi connectivity index (χ1n) is 31.1. The molecule has 0 radical (unpaired) electrons. The van der Waals surface area contributed by atoms with Crippen LogP contribution in [-0.4, -0.2) is 171 Å². The lowest BCUT2D eigenvalue weighted by atomic mass is 9.44. The second kappa shape index (κ2) is 30.2. The quantitative estimate of drug-likeness (QED) is 0.0540. The second-order valence-electron chi connectivity index (χ2n) is 25.7. The van der Waals surface area contributed by atoms with Gasteiger partial charge in [-0.15, -0.1) is 58.0 Å². The second-order valence-corrected chi connectivity index (χ2v) is 27.1. The Morgan fingerprint density at radius 1 is 0.554 bits per heavy atom. The highest BCUT2D eigenvalue weighted by atomic mass is 35.5. The number of benzene rings is 2. The van der Waals surface area contributed by atoms with Gasteiger partial charge in [-0.25, -0.2) is 18.4 Å². The molecule has 508 valence electrons. The zero-order chi connectivity index (χ0) is 65.8. The van der Waals surface area contributed by atoms with Gasteiger partial charge in [0.25, 0.3) is 0 Å². The van der Waals surface area contributed by atoms with Gasteiger partial charge in [0.05, 0.1) is 30.2 Å². The number of para-hydroxylation sites is 2. The van der Waals surface area contributed by atoms with Crippen molar-refractivity contribution in [2.75, 3.05) is 59.9 Å². The zero-order valence-electron chi connectivity index (χ0n) is 51.1. The van der Waals surface area contributed by atoms with E-state index in [0.717, 1.165) is 63.5 Å². The molecule has 4 aliphatic carbocycles. The van der Waals surface area contributed by atoms with Crippen LogP contribution in [0, 0.1) is 63.9 Å². The fourth-order valence-corrected chi connectivity index (χ4v) is 16.7. The smallest absolute Gasteiger partial charge is 0.412 e. The lowest BCUT2D eigenvalue weighted by molar-refractivity contribution is -0.364. The number of carbonyl (C=O) groups is 7. The third kappa shape index (κ3) is 15.0. The first-order chi connectivity index (χ1) is 44.0. The number of carbonyl (C=O) groups excluding carboxylic acids is 7. The summed E-state index contributed by atoms with van der Waals surface area (Å²) in [5.74, 6) is -8.97. The van der Waals surface area contributed by atoms with Crippen molar-refractivity contribution in [3.8, 4) is 0 Å². The third-order valence-corrected chi connectivity index (χ3v) is 21.6. The molecule has 0 bridgehead atoms. The highest BCUT2D eigenvalue weighted by Gasteiger charge is 2.69. The van der Waals surface area contributed by atoms with Crippen LogP contribution < -0.4 is 10.6 Å². The largest absolute Gasteiger partial charge is 0.462 e. The van der Waals surface area contributed by atoms with E-state index in [1.54, 1.807) is 0 Å². The lowest BCUT2D eigenvalue weighted by Gasteiger charge is -2.61. The van der Waals surface area contributed by atoms with Crippen molar-refractivity contribution in [2.45, 2.75) is 171 Å². The molecule has 29 heteroatoms. The van der Waals surface area contributed by atoms with Crippen LogP contribution in [0.1, 0.15) is 91.9 Å². The number of amides is 2. The Kier molecular flexibility index (Phi) is 23.1. The van der Waals surface area contributed by atoms with Crippen LogP contribution in [0.15, 0.2) is 48.5 Å². The van der Waals surface area contributed by atoms with E-state index in [0.29, 0.717) is 49.0 Å². The van der Waals surface area contributed by atoms with Gasteiger partial charge in [0.15, 0.2) is 48.9 Å². The number of fused-ring (bicyclic) bond motifs is 7. The van der Waals surface area contributed by atoms with Gasteiger partial charge in [-0.1, -0.05) is 52.0 Å². The molecule has 1 spiro atoms. The molecular formula is C63H77Cl5F2N2O20. The molecule has 2 aromatic rings. The van der Waals surface area contributed by atoms with Gasteiger partial charge in [0, 0.05) is 12.3 Å². The summed E-state index contributed by atoms with van der Waals surface area (Å²) in [6.07, 6.45) is -13.4. The summed E-state index contributed by atoms with van der Waals surface area (Å²) in [5.41, 5.74) is -0.660. The van der Waals surface area contributed by atoms with Crippen LogP contribution in [0.2, 0.25) is 0 Å². The molecular weight excluding hydrogens is 1320 g/mol. The molecule has 2 amide bonds. The number of hydrogen-bond acceptors (Lipinski definition) is 20.